The Labute approximate surface area is 147 Å². The van der Waals surface area contributed by atoms with Gasteiger partial charge in [-0.2, -0.15) is 13.2 Å². The number of halogens is 3. The molecule has 3 nitrogen and oxygen atoms in total. The summed E-state index contributed by atoms with van der Waals surface area (Å²) in [6.07, 6.45) is -4.33. The first kappa shape index (κ1) is 17.5. The Morgan fingerprint density at radius 1 is 1.00 bits per heavy atom. The summed E-state index contributed by atoms with van der Waals surface area (Å²) in [4.78, 5) is 0. The zero-order chi connectivity index (χ0) is 18.0. The first-order valence-corrected chi connectivity index (χ1v) is 8.61. The fourth-order valence-corrected chi connectivity index (χ4v) is 3.43. The summed E-state index contributed by atoms with van der Waals surface area (Å²) in [7, 11) is 0. The van der Waals surface area contributed by atoms with Gasteiger partial charge in [0, 0.05) is 11.4 Å². The highest BCUT2D eigenvalue weighted by atomic mass is 32.2. The van der Waals surface area contributed by atoms with E-state index in [1.807, 2.05) is 42.7 Å². The van der Waals surface area contributed by atoms with Crippen molar-refractivity contribution in [3.05, 3.63) is 71.0 Å². The molecular formula is C18H16F3N3S. The molecule has 0 bridgehead atoms. The van der Waals surface area contributed by atoms with E-state index in [0.717, 1.165) is 23.1 Å². The van der Waals surface area contributed by atoms with Crippen molar-refractivity contribution in [1.82, 2.24) is 14.8 Å². The first-order chi connectivity index (χ1) is 11.8. The molecule has 0 fully saturated rings. The number of hydrogen-bond donors (Lipinski definition) is 0. The van der Waals surface area contributed by atoms with Gasteiger partial charge < -0.3 is 0 Å². The van der Waals surface area contributed by atoms with E-state index in [1.165, 1.54) is 23.9 Å². The minimum absolute atomic E-state index is 0.383. The van der Waals surface area contributed by atoms with E-state index in [1.54, 1.807) is 6.07 Å². The quantitative estimate of drug-likeness (QED) is 0.597. The van der Waals surface area contributed by atoms with E-state index >= 15 is 0 Å². The van der Waals surface area contributed by atoms with E-state index in [9.17, 15) is 13.2 Å². The molecule has 0 unspecified atom stereocenters. The molecule has 2 aromatic carbocycles. The van der Waals surface area contributed by atoms with Crippen LogP contribution in [-0.2, 0) is 11.9 Å². The smallest absolute Gasteiger partial charge is 0.274 e. The Morgan fingerprint density at radius 2 is 1.76 bits per heavy atom. The number of thioether (sulfide) groups is 1. The third kappa shape index (κ3) is 4.04. The van der Waals surface area contributed by atoms with Crippen LogP contribution in [0.2, 0.25) is 0 Å². The number of aryl methyl sites for hydroxylation is 2. The first-order valence-electron chi connectivity index (χ1n) is 7.62. The highest BCUT2D eigenvalue weighted by Gasteiger charge is 2.30. The van der Waals surface area contributed by atoms with Gasteiger partial charge in [-0.05, 0) is 43.2 Å². The van der Waals surface area contributed by atoms with Gasteiger partial charge in [-0.15, -0.1) is 10.2 Å². The predicted octanol–water partition coefficient (Wildman–Crippen LogP) is 5.20. The van der Waals surface area contributed by atoms with E-state index in [4.69, 9.17) is 0 Å². The molecule has 1 aromatic heterocycles. The van der Waals surface area contributed by atoms with Crippen LogP contribution in [-0.4, -0.2) is 14.8 Å². The number of rotatable bonds is 4. The molecule has 0 atom stereocenters. The van der Waals surface area contributed by atoms with Crippen LogP contribution in [0.1, 0.15) is 22.5 Å². The number of nitrogens with zero attached hydrogens (tertiary/aromatic N) is 3. The topological polar surface area (TPSA) is 30.7 Å². The van der Waals surface area contributed by atoms with Gasteiger partial charge in [0.15, 0.2) is 5.16 Å². The van der Waals surface area contributed by atoms with Crippen molar-refractivity contribution in [2.45, 2.75) is 30.9 Å². The molecule has 1 heterocycles. The van der Waals surface area contributed by atoms with E-state index < -0.39 is 11.7 Å². The molecule has 0 aliphatic carbocycles. The lowest BCUT2D eigenvalue weighted by molar-refractivity contribution is -0.137. The fourth-order valence-electron chi connectivity index (χ4n) is 2.49. The van der Waals surface area contributed by atoms with Gasteiger partial charge in [0.05, 0.1) is 5.56 Å². The Hall–Kier alpha value is -2.28. The highest BCUT2D eigenvalue weighted by molar-refractivity contribution is 7.98. The molecule has 7 heteroatoms. The Kier molecular flexibility index (Phi) is 4.85. The van der Waals surface area contributed by atoms with Gasteiger partial charge in [0.1, 0.15) is 5.82 Å². The van der Waals surface area contributed by atoms with Crippen molar-refractivity contribution in [1.29, 1.82) is 0 Å². The molecule has 3 rings (SSSR count). The number of hydrogen-bond acceptors (Lipinski definition) is 3. The predicted molar refractivity (Wildman–Crippen MR) is 91.8 cm³/mol. The molecular weight excluding hydrogens is 347 g/mol. The zero-order valence-corrected chi connectivity index (χ0v) is 14.5. The molecule has 0 spiro atoms. The van der Waals surface area contributed by atoms with Crippen LogP contribution < -0.4 is 0 Å². The highest BCUT2D eigenvalue weighted by Crippen LogP contribution is 2.31. The summed E-state index contributed by atoms with van der Waals surface area (Å²) in [5.41, 5.74) is 2.01. The van der Waals surface area contributed by atoms with E-state index in [-0.39, 0.29) is 0 Å². The molecule has 25 heavy (non-hydrogen) atoms. The molecule has 0 saturated carbocycles. The van der Waals surface area contributed by atoms with Crippen LogP contribution in [0.25, 0.3) is 5.69 Å². The van der Waals surface area contributed by atoms with Crippen LogP contribution in [0.5, 0.6) is 0 Å². The fraction of sp³-hybridized carbons (Fsp3) is 0.222. The summed E-state index contributed by atoms with van der Waals surface area (Å²) < 4.78 is 40.4. The van der Waals surface area contributed by atoms with Gasteiger partial charge in [0.25, 0.3) is 0 Å². The second-order valence-electron chi connectivity index (χ2n) is 5.69. The SMILES string of the molecule is Cc1cccc(-n2c(C)nnc2SCc2cccc(C(F)(F)F)c2)c1. The second-order valence-corrected chi connectivity index (χ2v) is 6.63. The lowest BCUT2D eigenvalue weighted by atomic mass is 10.1. The monoisotopic (exact) mass is 363 g/mol. The van der Waals surface area contributed by atoms with Crippen molar-refractivity contribution >= 4 is 11.8 Å². The van der Waals surface area contributed by atoms with Crippen molar-refractivity contribution < 1.29 is 13.2 Å². The maximum Gasteiger partial charge on any atom is 0.416 e. The minimum Gasteiger partial charge on any atom is -0.274 e. The van der Waals surface area contributed by atoms with E-state index in [0.29, 0.717) is 16.5 Å². The summed E-state index contributed by atoms with van der Waals surface area (Å²) in [5, 5.41) is 8.92. The number of benzene rings is 2. The van der Waals surface area contributed by atoms with Gasteiger partial charge >= 0.3 is 6.18 Å². The van der Waals surface area contributed by atoms with Gasteiger partial charge in [-0.3, -0.25) is 4.57 Å². The molecule has 3 aromatic rings. The average molecular weight is 363 g/mol. The average Bonchev–Trinajstić information content (AvgIpc) is 2.93. The zero-order valence-electron chi connectivity index (χ0n) is 13.7. The van der Waals surface area contributed by atoms with Crippen LogP contribution >= 0.6 is 11.8 Å². The van der Waals surface area contributed by atoms with Crippen molar-refractivity contribution in [3.8, 4) is 5.69 Å². The van der Waals surface area contributed by atoms with Crippen LogP contribution in [0.4, 0.5) is 13.2 Å². The molecule has 0 saturated heterocycles. The van der Waals surface area contributed by atoms with E-state index in [2.05, 4.69) is 10.2 Å². The van der Waals surface area contributed by atoms with Crippen LogP contribution in [0, 0.1) is 13.8 Å². The van der Waals surface area contributed by atoms with Gasteiger partial charge in [-0.1, -0.05) is 42.1 Å². The molecule has 0 amide bonds. The van der Waals surface area contributed by atoms with Gasteiger partial charge in [0.2, 0.25) is 0 Å². The number of aromatic nitrogens is 3. The standard InChI is InChI=1S/C18H16F3N3S/c1-12-5-3-8-16(9-12)24-13(2)22-23-17(24)25-11-14-6-4-7-15(10-14)18(19,20)21/h3-10H,11H2,1-2H3. The summed E-state index contributed by atoms with van der Waals surface area (Å²) in [6.45, 7) is 3.85. The maximum absolute atomic E-state index is 12.8. The normalized spacial score (nSPS) is 11.7. The molecule has 0 aliphatic rings. The number of alkyl halides is 3. The lowest BCUT2D eigenvalue weighted by Gasteiger charge is -2.10. The third-order valence-electron chi connectivity index (χ3n) is 3.68. The molecule has 0 aliphatic heterocycles. The van der Waals surface area contributed by atoms with Gasteiger partial charge in [-0.25, -0.2) is 0 Å². The van der Waals surface area contributed by atoms with Crippen molar-refractivity contribution in [3.63, 3.8) is 0 Å². The second kappa shape index (κ2) is 6.92. The summed E-state index contributed by atoms with van der Waals surface area (Å²) >= 11 is 1.36. The van der Waals surface area contributed by atoms with Crippen molar-refractivity contribution in [2.75, 3.05) is 0 Å². The van der Waals surface area contributed by atoms with Crippen LogP contribution in [0.15, 0.2) is 53.7 Å². The lowest BCUT2D eigenvalue weighted by Crippen LogP contribution is -2.05. The maximum atomic E-state index is 12.8. The third-order valence-corrected chi connectivity index (χ3v) is 4.68. The Morgan fingerprint density at radius 3 is 2.48 bits per heavy atom. The molecule has 0 radical (unpaired) electrons. The largest absolute Gasteiger partial charge is 0.416 e. The Balaban J connectivity index is 1.84. The summed E-state index contributed by atoms with van der Waals surface area (Å²) in [6, 6.07) is 13.3. The molecule has 130 valence electrons. The van der Waals surface area contributed by atoms with Crippen molar-refractivity contribution in [2.24, 2.45) is 0 Å². The van der Waals surface area contributed by atoms with Crippen LogP contribution in [0.3, 0.4) is 0 Å². The molecule has 0 N–H and O–H groups in total. The summed E-state index contributed by atoms with van der Waals surface area (Å²) in [5.74, 6) is 1.12. The minimum atomic E-state index is -4.33. The Bertz CT molecular complexity index is 887.